The number of rotatable bonds is 2. The van der Waals surface area contributed by atoms with E-state index >= 15 is 0 Å². The Balaban J connectivity index is 2.19. The highest BCUT2D eigenvalue weighted by atomic mass is 16.6. The second kappa shape index (κ2) is 5.81. The number of aryl methyl sites for hydroxylation is 1. The summed E-state index contributed by atoms with van der Waals surface area (Å²) >= 11 is 0. The van der Waals surface area contributed by atoms with E-state index < -0.39 is 35.3 Å². The SMILES string of the molecule is CC(=O)OC1=C[C@H](C)O[C@H](n2cnc3c2c(=O)n(C)c(=O)n3C)C1=O. The van der Waals surface area contributed by atoms with Crippen LogP contribution >= 0.6 is 0 Å². The smallest absolute Gasteiger partial charge is 0.332 e. The number of fused-ring (bicyclic) bond motifs is 1. The van der Waals surface area contributed by atoms with E-state index in [-0.39, 0.29) is 16.9 Å². The van der Waals surface area contributed by atoms with Gasteiger partial charge in [-0.15, -0.1) is 0 Å². The van der Waals surface area contributed by atoms with Crippen LogP contribution in [0.4, 0.5) is 0 Å². The van der Waals surface area contributed by atoms with Gasteiger partial charge < -0.3 is 9.47 Å². The number of aromatic nitrogens is 4. The molecular weight excluding hydrogens is 332 g/mol. The molecule has 2 aromatic heterocycles. The molecule has 2 aromatic rings. The van der Waals surface area contributed by atoms with Gasteiger partial charge in [0, 0.05) is 21.0 Å². The van der Waals surface area contributed by atoms with Crippen molar-refractivity contribution >= 4 is 22.9 Å². The molecule has 0 amide bonds. The summed E-state index contributed by atoms with van der Waals surface area (Å²) in [6.45, 7) is 2.84. The predicted octanol–water partition coefficient (Wildman–Crippen LogP) is -0.633. The summed E-state index contributed by atoms with van der Waals surface area (Å²) in [5, 5.41) is 0. The van der Waals surface area contributed by atoms with E-state index in [1.165, 1.54) is 42.6 Å². The van der Waals surface area contributed by atoms with Gasteiger partial charge in [0.25, 0.3) is 5.56 Å². The highest BCUT2D eigenvalue weighted by molar-refractivity contribution is 5.98. The standard InChI is InChI=1S/C15H16N4O6/c1-7-5-9(25-8(2)20)11(21)14(24-7)19-6-16-12-10(19)13(22)18(4)15(23)17(12)3/h5-7,14H,1-4H3/t7-,14-/m0/s1. The lowest BCUT2D eigenvalue weighted by molar-refractivity contribution is -0.150. The zero-order chi connectivity index (χ0) is 18.5. The zero-order valence-corrected chi connectivity index (χ0v) is 14.0. The summed E-state index contributed by atoms with van der Waals surface area (Å²) in [6, 6.07) is 0. The third-order valence-corrected chi connectivity index (χ3v) is 3.88. The Morgan fingerprint density at radius 2 is 1.92 bits per heavy atom. The van der Waals surface area contributed by atoms with Crippen molar-refractivity contribution in [1.82, 2.24) is 18.7 Å². The van der Waals surface area contributed by atoms with E-state index in [9.17, 15) is 19.2 Å². The Labute approximate surface area is 140 Å². The summed E-state index contributed by atoms with van der Waals surface area (Å²) < 4.78 is 13.9. The summed E-state index contributed by atoms with van der Waals surface area (Å²) in [7, 11) is 2.80. The first-order valence-corrected chi connectivity index (χ1v) is 7.44. The van der Waals surface area contributed by atoms with Gasteiger partial charge in [0.2, 0.25) is 12.0 Å². The van der Waals surface area contributed by atoms with Crippen LogP contribution in [-0.4, -0.2) is 36.5 Å². The molecule has 0 fully saturated rings. The maximum Gasteiger partial charge on any atom is 0.332 e. The van der Waals surface area contributed by atoms with Crippen LogP contribution in [-0.2, 0) is 33.2 Å². The van der Waals surface area contributed by atoms with Crippen LogP contribution in [0.2, 0.25) is 0 Å². The highest BCUT2D eigenvalue weighted by Gasteiger charge is 2.35. The molecule has 25 heavy (non-hydrogen) atoms. The Morgan fingerprint density at radius 3 is 2.56 bits per heavy atom. The van der Waals surface area contributed by atoms with Crippen molar-refractivity contribution in [2.75, 3.05) is 0 Å². The first kappa shape index (κ1) is 16.8. The van der Waals surface area contributed by atoms with Crippen LogP contribution in [0, 0.1) is 0 Å². The van der Waals surface area contributed by atoms with Crippen LogP contribution < -0.4 is 11.2 Å². The Bertz CT molecular complexity index is 1040. The monoisotopic (exact) mass is 348 g/mol. The largest absolute Gasteiger partial charge is 0.423 e. The number of esters is 1. The fourth-order valence-corrected chi connectivity index (χ4v) is 2.69. The van der Waals surface area contributed by atoms with E-state index in [1.807, 2.05) is 0 Å². The van der Waals surface area contributed by atoms with Crippen LogP contribution in [0.1, 0.15) is 20.1 Å². The molecule has 0 saturated heterocycles. The lowest BCUT2D eigenvalue weighted by Crippen LogP contribution is -2.39. The maximum absolute atomic E-state index is 12.6. The minimum absolute atomic E-state index is 0.0409. The molecule has 1 aliphatic heterocycles. The van der Waals surface area contributed by atoms with Crippen molar-refractivity contribution < 1.29 is 19.1 Å². The average Bonchev–Trinajstić information content (AvgIpc) is 2.98. The first-order valence-electron chi connectivity index (χ1n) is 7.44. The molecule has 1 aliphatic rings. The number of carbonyl (C=O) groups is 2. The molecule has 3 rings (SSSR count). The number of ketones is 1. The highest BCUT2D eigenvalue weighted by Crippen LogP contribution is 2.26. The summed E-state index contributed by atoms with van der Waals surface area (Å²) in [6.07, 6.45) is 0.862. The number of nitrogens with zero attached hydrogens (tertiary/aromatic N) is 4. The molecule has 0 saturated carbocycles. The van der Waals surface area contributed by atoms with Crippen LogP contribution in [0.25, 0.3) is 11.2 Å². The van der Waals surface area contributed by atoms with Gasteiger partial charge >= 0.3 is 11.7 Å². The molecule has 0 radical (unpaired) electrons. The van der Waals surface area contributed by atoms with Crippen molar-refractivity contribution in [3.8, 4) is 0 Å². The average molecular weight is 348 g/mol. The van der Waals surface area contributed by atoms with Gasteiger partial charge in [0.1, 0.15) is 6.33 Å². The minimum atomic E-state index is -1.23. The lowest BCUT2D eigenvalue weighted by Gasteiger charge is -2.26. The molecular formula is C15H16N4O6. The number of hydrogen-bond acceptors (Lipinski definition) is 7. The lowest BCUT2D eigenvalue weighted by atomic mass is 10.1. The van der Waals surface area contributed by atoms with Gasteiger partial charge in [-0.1, -0.05) is 0 Å². The quantitative estimate of drug-likeness (QED) is 0.664. The van der Waals surface area contributed by atoms with E-state index in [0.29, 0.717) is 0 Å². The Kier molecular flexibility index (Phi) is 3.91. The maximum atomic E-state index is 12.6. The normalized spacial score (nSPS) is 20.6. The Hall–Kier alpha value is -3.01. The number of ether oxygens (including phenoxy) is 2. The molecule has 0 aromatic carbocycles. The van der Waals surface area contributed by atoms with E-state index in [1.54, 1.807) is 6.92 Å². The van der Waals surface area contributed by atoms with Gasteiger partial charge in [-0.25, -0.2) is 9.78 Å². The second-order valence-corrected chi connectivity index (χ2v) is 5.71. The number of Topliss-reactive ketones (excluding diaryl/α,β-unsaturated/α-hetero) is 1. The van der Waals surface area contributed by atoms with E-state index in [4.69, 9.17) is 9.47 Å². The molecule has 3 heterocycles. The van der Waals surface area contributed by atoms with Gasteiger partial charge in [-0.2, -0.15) is 0 Å². The molecule has 0 unspecified atom stereocenters. The predicted molar refractivity (Wildman–Crippen MR) is 84.7 cm³/mol. The molecule has 10 nitrogen and oxygen atoms in total. The van der Waals surface area contributed by atoms with E-state index in [2.05, 4.69) is 4.98 Å². The molecule has 0 bridgehead atoms. The fourth-order valence-electron chi connectivity index (χ4n) is 2.69. The van der Waals surface area contributed by atoms with Gasteiger partial charge in [0.15, 0.2) is 16.9 Å². The van der Waals surface area contributed by atoms with Crippen molar-refractivity contribution in [3.63, 3.8) is 0 Å². The zero-order valence-electron chi connectivity index (χ0n) is 14.0. The van der Waals surface area contributed by atoms with Crippen LogP contribution in [0.3, 0.4) is 0 Å². The van der Waals surface area contributed by atoms with Crippen molar-refractivity contribution in [3.05, 3.63) is 39.0 Å². The van der Waals surface area contributed by atoms with Crippen molar-refractivity contribution in [1.29, 1.82) is 0 Å². The summed E-state index contributed by atoms with van der Waals surface area (Å²) in [4.78, 5) is 52.3. The first-order chi connectivity index (χ1) is 11.7. The number of carbonyl (C=O) groups excluding carboxylic acids is 2. The topological polar surface area (TPSA) is 114 Å². The van der Waals surface area contributed by atoms with Gasteiger partial charge in [0.05, 0.1) is 6.10 Å². The number of hydrogen-bond donors (Lipinski definition) is 0. The van der Waals surface area contributed by atoms with Crippen LogP contribution in [0.5, 0.6) is 0 Å². The third-order valence-electron chi connectivity index (χ3n) is 3.88. The molecule has 2 atom stereocenters. The fraction of sp³-hybridized carbons (Fsp3) is 0.400. The molecule has 0 N–H and O–H groups in total. The van der Waals surface area contributed by atoms with Crippen LogP contribution in [0.15, 0.2) is 27.8 Å². The molecule has 132 valence electrons. The Morgan fingerprint density at radius 1 is 1.24 bits per heavy atom. The molecule has 0 spiro atoms. The minimum Gasteiger partial charge on any atom is -0.423 e. The third kappa shape index (κ3) is 2.60. The molecule has 10 heteroatoms. The second-order valence-electron chi connectivity index (χ2n) is 5.71. The van der Waals surface area contributed by atoms with Gasteiger partial charge in [-0.3, -0.25) is 28.1 Å². The molecule has 0 aliphatic carbocycles. The van der Waals surface area contributed by atoms with Gasteiger partial charge in [-0.05, 0) is 13.0 Å². The number of imidazole rings is 1. The summed E-state index contributed by atoms with van der Waals surface area (Å²) in [5.41, 5.74) is -0.976. The summed E-state index contributed by atoms with van der Waals surface area (Å²) in [5.74, 6) is -1.41. The van der Waals surface area contributed by atoms with Crippen molar-refractivity contribution in [2.45, 2.75) is 26.2 Å². The van der Waals surface area contributed by atoms with Crippen molar-refractivity contribution in [2.24, 2.45) is 14.1 Å². The van der Waals surface area contributed by atoms with E-state index in [0.717, 1.165) is 4.57 Å².